The van der Waals surface area contributed by atoms with E-state index in [9.17, 15) is 19.2 Å². The van der Waals surface area contributed by atoms with Gasteiger partial charge in [-0.05, 0) is 36.4 Å². The van der Waals surface area contributed by atoms with Gasteiger partial charge in [0.05, 0.1) is 23.1 Å². The summed E-state index contributed by atoms with van der Waals surface area (Å²) in [6.45, 7) is 0. The maximum Gasteiger partial charge on any atom is 0.328 e. The van der Waals surface area contributed by atoms with Gasteiger partial charge in [0.1, 0.15) is 5.75 Å². The zero-order valence-electron chi connectivity index (χ0n) is 16.2. The second-order valence-corrected chi connectivity index (χ2v) is 8.07. The molecule has 2 N–H and O–H groups in total. The molecule has 0 bridgehead atoms. The molecule has 1 aliphatic heterocycles. The van der Waals surface area contributed by atoms with Crippen molar-refractivity contribution in [3.8, 4) is 5.75 Å². The van der Waals surface area contributed by atoms with Crippen LogP contribution in [0, 0.1) is 0 Å². The summed E-state index contributed by atoms with van der Waals surface area (Å²) in [6, 6.07) is 11.4. The standard InChI is InChI=1S/C21H17ClN2O6S/c1-30-16-6-5-13(10-15(16)22)24-19(26)11-17(21(24)29)31-14-4-2-3-12(9-14)23-18(25)7-8-20(27)28/h2-10,17H,11H2,1H3,(H,23,25)(H,27,28)/b8-7+. The third-order valence-corrected chi connectivity index (χ3v) is 5.73. The van der Waals surface area contributed by atoms with Crippen molar-refractivity contribution in [2.75, 3.05) is 17.3 Å². The molecule has 0 aromatic heterocycles. The number of anilines is 2. The molecular weight excluding hydrogens is 444 g/mol. The van der Waals surface area contributed by atoms with Crippen molar-refractivity contribution >= 4 is 58.4 Å². The summed E-state index contributed by atoms with van der Waals surface area (Å²) in [5.74, 6) is -2.10. The van der Waals surface area contributed by atoms with Gasteiger partial charge in [-0.1, -0.05) is 17.7 Å². The minimum atomic E-state index is -1.23. The number of methoxy groups -OCH3 is 1. The molecule has 8 nitrogen and oxygen atoms in total. The number of carboxylic acids is 1. The Labute approximate surface area is 186 Å². The molecule has 1 heterocycles. The number of carbonyl (C=O) groups is 4. The number of halogens is 1. The fourth-order valence-corrected chi connectivity index (χ4v) is 4.27. The summed E-state index contributed by atoms with van der Waals surface area (Å²) in [4.78, 5) is 49.4. The quantitative estimate of drug-likeness (QED) is 0.481. The van der Waals surface area contributed by atoms with Crippen molar-refractivity contribution in [1.29, 1.82) is 0 Å². The first-order valence-corrected chi connectivity index (χ1v) is 10.2. The Morgan fingerprint density at radius 3 is 2.68 bits per heavy atom. The third kappa shape index (κ3) is 5.44. The van der Waals surface area contributed by atoms with E-state index >= 15 is 0 Å². The molecule has 3 rings (SSSR count). The van der Waals surface area contributed by atoms with Gasteiger partial charge < -0.3 is 15.2 Å². The second-order valence-electron chi connectivity index (χ2n) is 6.39. The Balaban J connectivity index is 1.72. The average molecular weight is 461 g/mol. The van der Waals surface area contributed by atoms with Gasteiger partial charge in [0, 0.05) is 29.2 Å². The monoisotopic (exact) mass is 460 g/mol. The Kier molecular flexibility index (Phi) is 6.98. The number of rotatable bonds is 7. The molecule has 1 unspecified atom stereocenters. The van der Waals surface area contributed by atoms with Gasteiger partial charge in [0.2, 0.25) is 17.7 Å². The van der Waals surface area contributed by atoms with Gasteiger partial charge in [-0.25, -0.2) is 9.69 Å². The molecule has 1 atom stereocenters. The largest absolute Gasteiger partial charge is 0.495 e. The van der Waals surface area contributed by atoms with E-state index < -0.39 is 17.1 Å². The summed E-state index contributed by atoms with van der Waals surface area (Å²) in [5, 5.41) is 10.8. The highest BCUT2D eigenvalue weighted by Gasteiger charge is 2.40. The van der Waals surface area contributed by atoms with E-state index in [0.717, 1.165) is 17.1 Å². The summed E-state index contributed by atoms with van der Waals surface area (Å²) in [7, 11) is 1.47. The molecule has 10 heteroatoms. The lowest BCUT2D eigenvalue weighted by Crippen LogP contribution is -2.31. The number of carboxylic acid groups (broad SMARTS) is 1. The number of ether oxygens (including phenoxy) is 1. The molecule has 31 heavy (non-hydrogen) atoms. The van der Waals surface area contributed by atoms with Crippen molar-refractivity contribution in [3.05, 3.63) is 59.6 Å². The van der Waals surface area contributed by atoms with Crippen LogP contribution in [0.4, 0.5) is 11.4 Å². The minimum absolute atomic E-state index is 0.0189. The zero-order valence-corrected chi connectivity index (χ0v) is 17.8. The number of thioether (sulfide) groups is 1. The molecule has 1 aliphatic rings. The van der Waals surface area contributed by atoms with Crippen LogP contribution in [0.5, 0.6) is 5.75 Å². The number of imide groups is 1. The van der Waals surface area contributed by atoms with Gasteiger partial charge in [-0.2, -0.15) is 0 Å². The molecule has 1 saturated heterocycles. The Morgan fingerprint density at radius 2 is 2.00 bits per heavy atom. The normalized spacial score (nSPS) is 16.1. The number of hydrogen-bond acceptors (Lipinski definition) is 6. The first-order valence-electron chi connectivity index (χ1n) is 8.97. The predicted molar refractivity (Wildman–Crippen MR) is 117 cm³/mol. The summed E-state index contributed by atoms with van der Waals surface area (Å²) < 4.78 is 5.09. The lowest BCUT2D eigenvalue weighted by Gasteiger charge is -2.16. The van der Waals surface area contributed by atoms with Gasteiger partial charge in [0.15, 0.2) is 0 Å². The molecule has 0 spiro atoms. The fraction of sp³-hybridized carbons (Fsp3) is 0.143. The van der Waals surface area contributed by atoms with Crippen LogP contribution in [0.1, 0.15) is 6.42 Å². The number of nitrogens with one attached hydrogen (secondary N) is 1. The number of nitrogens with zero attached hydrogens (tertiary/aromatic N) is 1. The van der Waals surface area contributed by atoms with Crippen molar-refractivity contribution < 1.29 is 29.0 Å². The Bertz CT molecular complexity index is 1090. The number of benzene rings is 2. The van der Waals surface area contributed by atoms with Crippen LogP contribution in [-0.4, -0.2) is 41.2 Å². The van der Waals surface area contributed by atoms with E-state index in [1.807, 2.05) is 0 Å². The molecule has 3 amide bonds. The highest BCUT2D eigenvalue weighted by molar-refractivity contribution is 8.00. The molecule has 0 aliphatic carbocycles. The lowest BCUT2D eigenvalue weighted by molar-refractivity contribution is -0.131. The van der Waals surface area contributed by atoms with E-state index in [1.54, 1.807) is 36.4 Å². The molecule has 2 aromatic rings. The van der Waals surface area contributed by atoms with Gasteiger partial charge in [-0.15, -0.1) is 11.8 Å². The highest BCUT2D eigenvalue weighted by Crippen LogP contribution is 2.37. The molecule has 0 saturated carbocycles. The Morgan fingerprint density at radius 1 is 1.23 bits per heavy atom. The Hall–Kier alpha value is -3.30. The van der Waals surface area contributed by atoms with Crippen LogP contribution < -0.4 is 15.0 Å². The van der Waals surface area contributed by atoms with Crippen molar-refractivity contribution in [2.24, 2.45) is 0 Å². The highest BCUT2D eigenvalue weighted by atomic mass is 35.5. The van der Waals surface area contributed by atoms with Crippen LogP contribution >= 0.6 is 23.4 Å². The molecule has 0 radical (unpaired) electrons. The van der Waals surface area contributed by atoms with E-state index in [0.29, 0.717) is 22.0 Å². The topological polar surface area (TPSA) is 113 Å². The van der Waals surface area contributed by atoms with Crippen LogP contribution in [0.25, 0.3) is 0 Å². The number of hydrogen-bond donors (Lipinski definition) is 2. The van der Waals surface area contributed by atoms with E-state index in [4.69, 9.17) is 21.4 Å². The first kappa shape index (κ1) is 22.4. The summed E-state index contributed by atoms with van der Waals surface area (Å²) in [6.07, 6.45) is 1.65. The van der Waals surface area contributed by atoms with E-state index in [-0.39, 0.29) is 23.3 Å². The van der Waals surface area contributed by atoms with Gasteiger partial charge in [-0.3, -0.25) is 14.4 Å². The first-order chi connectivity index (χ1) is 14.8. The number of amides is 3. The SMILES string of the molecule is COc1ccc(N2C(=O)CC(Sc3cccc(NC(=O)/C=C/C(=O)O)c3)C2=O)cc1Cl. The van der Waals surface area contributed by atoms with E-state index in [2.05, 4.69) is 5.32 Å². The van der Waals surface area contributed by atoms with Crippen molar-refractivity contribution in [2.45, 2.75) is 16.6 Å². The minimum Gasteiger partial charge on any atom is -0.495 e. The summed E-state index contributed by atoms with van der Waals surface area (Å²) >= 11 is 7.32. The second kappa shape index (κ2) is 9.67. The summed E-state index contributed by atoms with van der Waals surface area (Å²) in [5.41, 5.74) is 0.802. The maximum atomic E-state index is 12.9. The molecule has 2 aromatic carbocycles. The number of carbonyl (C=O) groups excluding carboxylic acids is 3. The van der Waals surface area contributed by atoms with E-state index in [1.165, 1.54) is 24.9 Å². The smallest absolute Gasteiger partial charge is 0.328 e. The van der Waals surface area contributed by atoms with Crippen LogP contribution in [0.15, 0.2) is 59.5 Å². The maximum absolute atomic E-state index is 12.9. The predicted octanol–water partition coefficient (Wildman–Crippen LogP) is 3.35. The van der Waals surface area contributed by atoms with Crippen LogP contribution in [0.3, 0.4) is 0 Å². The molecular formula is C21H17ClN2O6S. The number of aliphatic carboxylic acids is 1. The third-order valence-electron chi connectivity index (χ3n) is 4.26. The van der Waals surface area contributed by atoms with Crippen molar-refractivity contribution in [1.82, 2.24) is 0 Å². The van der Waals surface area contributed by atoms with Crippen LogP contribution in [0.2, 0.25) is 5.02 Å². The fourth-order valence-electron chi connectivity index (χ4n) is 2.90. The van der Waals surface area contributed by atoms with Gasteiger partial charge in [0.25, 0.3) is 0 Å². The van der Waals surface area contributed by atoms with Crippen molar-refractivity contribution in [3.63, 3.8) is 0 Å². The lowest BCUT2D eigenvalue weighted by atomic mass is 10.3. The van der Waals surface area contributed by atoms with Gasteiger partial charge >= 0.3 is 5.97 Å². The molecule has 1 fully saturated rings. The average Bonchev–Trinajstić information content (AvgIpc) is 2.99. The zero-order chi connectivity index (χ0) is 22.5. The molecule has 160 valence electrons. The van der Waals surface area contributed by atoms with Crippen LogP contribution in [-0.2, 0) is 19.2 Å².